The maximum absolute atomic E-state index is 15.9. The lowest BCUT2D eigenvalue weighted by molar-refractivity contribution is 0.0405. The zero-order valence-electron chi connectivity index (χ0n) is 72.9. The number of esters is 2. The summed E-state index contributed by atoms with van der Waals surface area (Å²) in [4.78, 5) is 93.6. The minimum absolute atomic E-state index is 0.00534. The number of benzene rings is 15. The van der Waals surface area contributed by atoms with Gasteiger partial charge < -0.3 is 46.7 Å². The van der Waals surface area contributed by atoms with Crippen molar-refractivity contribution in [2.75, 3.05) is 26.3 Å². The Labute approximate surface area is 747 Å². The van der Waals surface area contributed by atoms with E-state index in [1.807, 2.05) is 149 Å². The highest BCUT2D eigenvalue weighted by molar-refractivity contribution is 6.45. The van der Waals surface area contributed by atoms with Crippen LogP contribution in [0, 0.1) is 27.7 Å². The molecule has 0 N–H and O–H groups in total. The summed E-state index contributed by atoms with van der Waals surface area (Å²) in [5.41, 5.74) is 11.6. The summed E-state index contributed by atoms with van der Waals surface area (Å²) < 4.78 is 64.8. The van der Waals surface area contributed by atoms with E-state index < -0.39 is 48.8 Å². The number of aryl methyl sites for hydroxylation is 4. The van der Waals surface area contributed by atoms with Gasteiger partial charge in [0.25, 0.3) is 23.6 Å². The average Bonchev–Trinajstić information content (AvgIpc) is 0.758. The number of ether oxygens (including phenoxy) is 8. The van der Waals surface area contributed by atoms with Crippen LogP contribution in [0.4, 0.5) is 0 Å². The molecule has 0 aliphatic carbocycles. The Morgan fingerprint density at radius 1 is 0.300 bits per heavy atom. The van der Waals surface area contributed by atoms with Crippen molar-refractivity contribution < 1.29 is 75.5 Å². The molecule has 0 spiro atoms. The van der Waals surface area contributed by atoms with Gasteiger partial charge in [-0.25, -0.2) is 9.59 Å². The van der Waals surface area contributed by atoms with E-state index >= 15 is 19.2 Å². The van der Waals surface area contributed by atoms with Crippen LogP contribution in [0.5, 0.6) is 57.5 Å². The third kappa shape index (κ3) is 16.6. The number of hydrogen-bond acceptors (Lipinski definition) is 20. The van der Waals surface area contributed by atoms with Crippen molar-refractivity contribution in [3.8, 4) is 103 Å². The number of nitrogens with zero attached hydrogens (tertiary/aromatic N) is 6. The Hall–Kier alpha value is -16.1. The van der Waals surface area contributed by atoms with E-state index in [9.17, 15) is 9.59 Å². The molecule has 0 saturated heterocycles. The monoisotopic (exact) mass is 1720 g/mol. The van der Waals surface area contributed by atoms with Crippen molar-refractivity contribution in [1.82, 2.24) is 30.2 Å². The molecule has 0 radical (unpaired) electrons. The Bertz CT molecular complexity index is 6620. The van der Waals surface area contributed by atoms with Gasteiger partial charge in [-0.15, -0.1) is 20.4 Å². The van der Waals surface area contributed by atoms with Crippen LogP contribution < -0.4 is 28.4 Å². The predicted molar refractivity (Wildman–Crippen MR) is 493 cm³/mol. The Morgan fingerprint density at radius 2 is 0.546 bits per heavy atom. The van der Waals surface area contributed by atoms with Gasteiger partial charge in [-0.1, -0.05) is 161 Å². The number of imide groups is 2. The topological polar surface area (TPSA) is 261 Å². The third-order valence-corrected chi connectivity index (χ3v) is 23.4. The fourth-order valence-corrected chi connectivity index (χ4v) is 16.2. The molecule has 2 aliphatic heterocycles. The Kier molecular flexibility index (Phi) is 21.8. The van der Waals surface area contributed by atoms with Crippen molar-refractivity contribution in [2.45, 2.75) is 93.3 Å². The molecule has 644 valence electrons. The summed E-state index contributed by atoms with van der Waals surface area (Å²) in [5, 5.41) is 19.5. The molecule has 22 heteroatoms. The largest absolute Gasteiger partial charge is 0.489 e. The number of aromatic nitrogens is 4. The third-order valence-electron chi connectivity index (χ3n) is 23.4. The van der Waals surface area contributed by atoms with Gasteiger partial charge in [0.05, 0.1) is 46.5 Å². The van der Waals surface area contributed by atoms with E-state index in [1.165, 1.54) is 11.1 Å². The number of amides is 4. The molecule has 130 heavy (non-hydrogen) atoms. The van der Waals surface area contributed by atoms with Crippen molar-refractivity contribution in [3.63, 3.8) is 0 Å². The van der Waals surface area contributed by atoms with E-state index in [-0.39, 0.29) is 104 Å². The van der Waals surface area contributed by atoms with Crippen LogP contribution in [0.15, 0.2) is 276 Å². The second-order valence-corrected chi connectivity index (χ2v) is 34.6. The van der Waals surface area contributed by atoms with Gasteiger partial charge >= 0.3 is 11.9 Å². The normalized spacial score (nSPS) is 12.7. The van der Waals surface area contributed by atoms with Crippen LogP contribution in [-0.4, -0.2) is 92.1 Å². The zero-order valence-corrected chi connectivity index (χ0v) is 72.9. The van der Waals surface area contributed by atoms with E-state index in [4.69, 9.17) is 46.7 Å². The van der Waals surface area contributed by atoms with E-state index in [2.05, 4.69) is 86.2 Å². The fraction of sp³-hybridized carbons (Fsp3) is 0.167. The predicted octanol–water partition coefficient (Wildman–Crippen LogP) is 24.2. The maximum Gasteiger partial charge on any atom is 0.338 e. The van der Waals surface area contributed by atoms with Crippen LogP contribution in [0.3, 0.4) is 0 Å². The first kappa shape index (κ1) is 83.4. The number of carbonyl (C=O) groups excluding carboxylic acids is 6. The van der Waals surface area contributed by atoms with Crippen molar-refractivity contribution >= 4 is 78.7 Å². The highest BCUT2D eigenvalue weighted by Crippen LogP contribution is 2.58. The second kappa shape index (κ2) is 34.0. The molecule has 0 bridgehead atoms. The molecule has 0 fully saturated rings. The standard InChI is InChI=1S/C108H86N6O16/c1-61-11-39-77(40-12-61)125-85-55-81-89-82(102(116)113(101(81)115)51-53-121-105(119)71-31-47-75(48-32-71)123-59-65-19-23-67(24-20-65)97-109-111-99(129-97)69-27-35-73(36-28-69)107(5,6)7)57-87(127-79-43-15-63(3)16-44-79)93-94-88(128-80-45-17-64(4)18-46-80)58-84-90-83(56-86(92(96(90)94)91(85)95(89)93)126-78-41-13-62(2)14-42-78)103(117)114(104(84)118)52-54-122-106(120)72-33-49-76(50-34-72)124-60-66-21-25-68(26-22-66)98-110-112-100(130-98)70-29-37-74(38-30-70)108(8,9)10/h11-50,55-58H,51-54,59-60H2,1-10H3. The number of carbonyl (C=O) groups is 6. The van der Waals surface area contributed by atoms with Gasteiger partial charge in [-0.3, -0.25) is 29.0 Å². The van der Waals surface area contributed by atoms with Crippen LogP contribution in [-0.2, 0) is 33.5 Å². The smallest absolute Gasteiger partial charge is 0.338 e. The van der Waals surface area contributed by atoms with Crippen molar-refractivity contribution in [2.24, 2.45) is 0 Å². The number of hydrogen-bond donors (Lipinski definition) is 0. The second-order valence-electron chi connectivity index (χ2n) is 34.6. The molecule has 0 saturated carbocycles. The first-order valence-corrected chi connectivity index (χ1v) is 42.7. The quantitative estimate of drug-likeness (QED) is 0.0211. The van der Waals surface area contributed by atoms with Crippen LogP contribution >= 0.6 is 0 Å². The van der Waals surface area contributed by atoms with E-state index in [0.717, 1.165) is 65.4 Å². The number of fused-ring (bicyclic) bond motifs is 2. The van der Waals surface area contributed by atoms with Crippen molar-refractivity contribution in [1.29, 1.82) is 0 Å². The van der Waals surface area contributed by atoms with Crippen LogP contribution in [0.2, 0.25) is 0 Å². The van der Waals surface area contributed by atoms with E-state index in [1.54, 1.807) is 121 Å². The Morgan fingerprint density at radius 3 is 0.800 bits per heavy atom. The fourth-order valence-electron chi connectivity index (χ4n) is 16.2. The van der Waals surface area contributed by atoms with Gasteiger partial charge in [0, 0.05) is 65.3 Å². The molecule has 2 aliphatic rings. The molecule has 17 aromatic rings. The molecule has 19 rings (SSSR count). The molecule has 22 nitrogen and oxygen atoms in total. The summed E-state index contributed by atoms with van der Waals surface area (Å²) in [6, 6.07) is 80.0. The highest BCUT2D eigenvalue weighted by atomic mass is 16.5. The van der Waals surface area contributed by atoms with Gasteiger partial charge in [0.15, 0.2) is 0 Å². The summed E-state index contributed by atoms with van der Waals surface area (Å²) >= 11 is 0. The van der Waals surface area contributed by atoms with Crippen molar-refractivity contribution in [3.05, 3.63) is 345 Å². The SMILES string of the molecule is Cc1ccc(Oc2cc3c4c(cc(Oc5ccc(C)cc5)c5c6c(Oc7ccc(C)cc7)cc7c8c(cc(Oc9ccc(C)cc9)c(c2c45)c86)C(=O)N(CCOC(=O)c2ccc(OCc4ccc(-c5nnc(-c6ccc(C(C)(C)C)cc6)o5)cc4)cc2)C7=O)C(=O)N(CCOC(=O)c2ccc(OCc4ccc(-c5nnc(-c6ccc(C(C)(C)C)cc6)o5)cc4)cc2)C3=O)cc1. The molecule has 4 heterocycles. The lowest BCUT2D eigenvalue weighted by Crippen LogP contribution is -2.42. The minimum Gasteiger partial charge on any atom is -0.489 e. The first-order chi connectivity index (χ1) is 62.7. The van der Waals surface area contributed by atoms with Gasteiger partial charge in [-0.2, -0.15) is 0 Å². The van der Waals surface area contributed by atoms with Crippen LogP contribution in [0.25, 0.3) is 88.9 Å². The molecule has 0 unspecified atom stereocenters. The van der Waals surface area contributed by atoms with E-state index in [0.29, 0.717) is 90.4 Å². The summed E-state index contributed by atoms with van der Waals surface area (Å²) in [6.07, 6.45) is 0. The zero-order chi connectivity index (χ0) is 90.0. The lowest BCUT2D eigenvalue weighted by atomic mass is 9.80. The summed E-state index contributed by atoms with van der Waals surface area (Å²) in [7, 11) is 0. The first-order valence-electron chi connectivity index (χ1n) is 42.7. The van der Waals surface area contributed by atoms with Gasteiger partial charge in [0.1, 0.15) is 83.9 Å². The van der Waals surface area contributed by atoms with Gasteiger partial charge in [-0.05, 0) is 231 Å². The highest BCUT2D eigenvalue weighted by Gasteiger charge is 2.42. The molecular formula is C108H86N6O16. The van der Waals surface area contributed by atoms with Crippen LogP contribution in [0.1, 0.15) is 148 Å². The number of rotatable bonds is 26. The molecule has 15 aromatic carbocycles. The molecule has 0 atom stereocenters. The summed E-state index contributed by atoms with van der Waals surface area (Å²) in [6.45, 7) is 19.6. The lowest BCUT2D eigenvalue weighted by Gasteiger charge is -2.32. The summed E-state index contributed by atoms with van der Waals surface area (Å²) in [5.74, 6) is 0.0903. The molecule has 4 amide bonds. The minimum atomic E-state index is -0.732. The van der Waals surface area contributed by atoms with Gasteiger partial charge in [0.2, 0.25) is 23.6 Å². The molecule has 2 aromatic heterocycles. The maximum atomic E-state index is 15.9. The molecular weight excluding hydrogens is 1640 g/mol. The Balaban J connectivity index is 0.626. The average molecular weight is 1720 g/mol.